The van der Waals surface area contributed by atoms with Gasteiger partial charge >= 0.3 is 5.97 Å². The number of ether oxygens (including phenoxy) is 3. The molecule has 4 nitrogen and oxygen atoms in total. The van der Waals surface area contributed by atoms with Crippen LogP contribution in [0.5, 0.6) is 0 Å². The number of rotatable bonds is 6. The predicted octanol–water partition coefficient (Wildman–Crippen LogP) is 2.82. The summed E-state index contributed by atoms with van der Waals surface area (Å²) in [5.41, 5.74) is -0.00446. The summed E-state index contributed by atoms with van der Waals surface area (Å²) in [5, 5.41) is 0. The molecule has 2 fully saturated rings. The topological polar surface area (TPSA) is 44.8 Å². The lowest BCUT2D eigenvalue weighted by Gasteiger charge is -2.39. The molecule has 2 rings (SSSR count). The SMILES string of the molecule is C=CCC12CCC[C@]1(OC(C)C(=O)OCC)OCC2. The van der Waals surface area contributed by atoms with Gasteiger partial charge in [-0.3, -0.25) is 0 Å². The highest BCUT2D eigenvalue weighted by atomic mass is 16.7. The second-order valence-electron chi connectivity index (χ2n) is 5.49. The zero-order valence-corrected chi connectivity index (χ0v) is 11.9. The molecule has 108 valence electrons. The van der Waals surface area contributed by atoms with Crippen molar-refractivity contribution in [2.45, 2.75) is 57.8 Å². The number of hydrogen-bond acceptors (Lipinski definition) is 4. The van der Waals surface area contributed by atoms with Gasteiger partial charge in [-0.05, 0) is 39.5 Å². The molecule has 4 heteroatoms. The number of carbonyl (C=O) groups excluding carboxylic acids is 1. The van der Waals surface area contributed by atoms with E-state index < -0.39 is 11.9 Å². The van der Waals surface area contributed by atoms with E-state index in [1.54, 1.807) is 13.8 Å². The minimum absolute atomic E-state index is 0.00446. The zero-order valence-electron chi connectivity index (χ0n) is 11.9. The van der Waals surface area contributed by atoms with Gasteiger partial charge in [0.1, 0.15) is 0 Å². The van der Waals surface area contributed by atoms with Crippen LogP contribution in [-0.4, -0.2) is 31.1 Å². The molecule has 0 radical (unpaired) electrons. The third kappa shape index (κ3) is 2.43. The Morgan fingerprint density at radius 1 is 1.47 bits per heavy atom. The van der Waals surface area contributed by atoms with Crippen LogP contribution in [0, 0.1) is 5.41 Å². The smallest absolute Gasteiger partial charge is 0.335 e. The Morgan fingerprint density at radius 2 is 2.26 bits per heavy atom. The Bertz CT molecular complexity index is 340. The first-order valence-electron chi connectivity index (χ1n) is 7.18. The Balaban J connectivity index is 2.12. The average molecular weight is 268 g/mol. The Morgan fingerprint density at radius 3 is 2.95 bits per heavy atom. The van der Waals surface area contributed by atoms with Gasteiger partial charge in [-0.25, -0.2) is 4.79 Å². The summed E-state index contributed by atoms with van der Waals surface area (Å²) in [6.07, 6.45) is 6.22. The maximum atomic E-state index is 11.8. The quantitative estimate of drug-likeness (QED) is 0.549. The Hall–Kier alpha value is -0.870. The monoisotopic (exact) mass is 268 g/mol. The Labute approximate surface area is 115 Å². The van der Waals surface area contributed by atoms with Crippen LogP contribution in [0.15, 0.2) is 12.7 Å². The molecule has 1 saturated heterocycles. The average Bonchev–Trinajstić information content (AvgIpc) is 2.84. The fourth-order valence-electron chi connectivity index (χ4n) is 3.51. The van der Waals surface area contributed by atoms with Crippen molar-refractivity contribution in [2.24, 2.45) is 5.41 Å². The number of fused-ring (bicyclic) bond motifs is 1. The fraction of sp³-hybridized carbons (Fsp3) is 0.800. The van der Waals surface area contributed by atoms with Crippen molar-refractivity contribution in [3.8, 4) is 0 Å². The largest absolute Gasteiger partial charge is 0.464 e. The van der Waals surface area contributed by atoms with Crippen molar-refractivity contribution in [3.63, 3.8) is 0 Å². The van der Waals surface area contributed by atoms with E-state index in [9.17, 15) is 4.79 Å². The lowest BCUT2D eigenvalue weighted by molar-refractivity contribution is -0.266. The minimum Gasteiger partial charge on any atom is -0.464 e. The zero-order chi connectivity index (χ0) is 13.9. The molecule has 1 aliphatic carbocycles. The van der Waals surface area contributed by atoms with Crippen LogP contribution in [0.3, 0.4) is 0 Å². The van der Waals surface area contributed by atoms with Gasteiger partial charge in [0.25, 0.3) is 0 Å². The second-order valence-corrected chi connectivity index (χ2v) is 5.49. The van der Waals surface area contributed by atoms with Crippen LogP contribution in [-0.2, 0) is 19.0 Å². The highest BCUT2D eigenvalue weighted by molar-refractivity contribution is 5.74. The minimum atomic E-state index is -0.618. The summed E-state index contributed by atoms with van der Waals surface area (Å²) in [5.74, 6) is -0.931. The van der Waals surface area contributed by atoms with Crippen molar-refractivity contribution in [1.82, 2.24) is 0 Å². The molecule has 1 saturated carbocycles. The molecule has 0 amide bonds. The van der Waals surface area contributed by atoms with Gasteiger partial charge in [0.05, 0.1) is 13.2 Å². The van der Waals surface area contributed by atoms with Gasteiger partial charge in [0.2, 0.25) is 0 Å². The van der Waals surface area contributed by atoms with E-state index in [1.165, 1.54) is 0 Å². The van der Waals surface area contributed by atoms with E-state index in [2.05, 4.69) is 6.58 Å². The molecule has 3 atom stereocenters. The van der Waals surface area contributed by atoms with Crippen LogP contribution in [0.25, 0.3) is 0 Å². The van der Waals surface area contributed by atoms with Crippen LogP contribution in [0.4, 0.5) is 0 Å². The summed E-state index contributed by atoms with van der Waals surface area (Å²) >= 11 is 0. The molecule has 2 unspecified atom stereocenters. The maximum Gasteiger partial charge on any atom is 0.335 e. The van der Waals surface area contributed by atoms with Crippen molar-refractivity contribution in [1.29, 1.82) is 0 Å². The van der Waals surface area contributed by atoms with Gasteiger partial charge in [-0.15, -0.1) is 6.58 Å². The van der Waals surface area contributed by atoms with Gasteiger partial charge < -0.3 is 14.2 Å². The summed E-state index contributed by atoms with van der Waals surface area (Å²) in [7, 11) is 0. The van der Waals surface area contributed by atoms with Gasteiger partial charge in [0, 0.05) is 11.8 Å². The van der Waals surface area contributed by atoms with Gasteiger partial charge in [-0.2, -0.15) is 0 Å². The van der Waals surface area contributed by atoms with E-state index in [1.807, 2.05) is 6.08 Å². The molecule has 19 heavy (non-hydrogen) atoms. The summed E-state index contributed by atoms with van der Waals surface area (Å²) in [6.45, 7) is 8.46. The normalized spacial score (nSPS) is 34.8. The van der Waals surface area contributed by atoms with Crippen LogP contribution in [0.2, 0.25) is 0 Å². The maximum absolute atomic E-state index is 11.8. The van der Waals surface area contributed by atoms with E-state index >= 15 is 0 Å². The molecular formula is C15H24O4. The fourth-order valence-corrected chi connectivity index (χ4v) is 3.51. The van der Waals surface area contributed by atoms with Gasteiger partial charge in [-0.1, -0.05) is 6.08 Å². The number of allylic oxidation sites excluding steroid dienone is 1. The number of carbonyl (C=O) groups is 1. The summed E-state index contributed by atoms with van der Waals surface area (Å²) < 4.78 is 17.0. The van der Waals surface area contributed by atoms with E-state index in [4.69, 9.17) is 14.2 Å². The van der Waals surface area contributed by atoms with Crippen molar-refractivity contribution >= 4 is 5.97 Å². The molecule has 0 N–H and O–H groups in total. The molecule has 0 aromatic carbocycles. The molecule has 1 aliphatic heterocycles. The lowest BCUT2D eigenvalue weighted by atomic mass is 9.77. The summed E-state index contributed by atoms with van der Waals surface area (Å²) in [6, 6.07) is 0. The molecule has 2 aliphatic rings. The standard InChI is InChI=1S/C15H24O4/c1-4-7-14-8-6-9-15(14,18-11-10-14)19-12(3)13(16)17-5-2/h4,12H,1,5-11H2,2-3H3/t12?,14?,15-/m1/s1. The van der Waals surface area contributed by atoms with Crippen molar-refractivity contribution in [2.75, 3.05) is 13.2 Å². The van der Waals surface area contributed by atoms with Crippen LogP contribution < -0.4 is 0 Å². The molecule has 0 spiro atoms. The molecule has 0 aromatic heterocycles. The molecule has 1 heterocycles. The lowest BCUT2D eigenvalue weighted by Crippen LogP contribution is -2.46. The van der Waals surface area contributed by atoms with E-state index in [-0.39, 0.29) is 11.4 Å². The van der Waals surface area contributed by atoms with Crippen LogP contribution >= 0.6 is 0 Å². The third-order valence-electron chi connectivity index (χ3n) is 4.41. The third-order valence-corrected chi connectivity index (χ3v) is 4.41. The first-order chi connectivity index (χ1) is 9.09. The van der Waals surface area contributed by atoms with E-state index in [0.717, 1.165) is 32.1 Å². The highest BCUT2D eigenvalue weighted by Crippen LogP contribution is 2.58. The number of esters is 1. The van der Waals surface area contributed by atoms with Crippen molar-refractivity contribution < 1.29 is 19.0 Å². The van der Waals surface area contributed by atoms with Gasteiger partial charge in [0.15, 0.2) is 11.9 Å². The van der Waals surface area contributed by atoms with Crippen LogP contribution in [0.1, 0.15) is 46.0 Å². The van der Waals surface area contributed by atoms with Crippen molar-refractivity contribution in [3.05, 3.63) is 12.7 Å². The summed E-state index contributed by atoms with van der Waals surface area (Å²) in [4.78, 5) is 11.8. The first-order valence-corrected chi connectivity index (χ1v) is 7.18. The Kier molecular flexibility index (Phi) is 4.31. The molecule has 0 aromatic rings. The molecular weight excluding hydrogens is 244 g/mol. The predicted molar refractivity (Wildman–Crippen MR) is 71.6 cm³/mol. The number of hydrogen-bond donors (Lipinski definition) is 0. The molecule has 0 bridgehead atoms. The van der Waals surface area contributed by atoms with E-state index in [0.29, 0.717) is 13.2 Å². The second kappa shape index (κ2) is 5.63. The highest BCUT2D eigenvalue weighted by Gasteiger charge is 2.60. The first kappa shape index (κ1) is 14.5.